The standard InChI is InChI=1S/C32H21N3S/c1-2-10-20(11-3-1)30-23-13-4-7-15-25(23)33-32(34-30)35-26-16-8-5-12-21(26)22-18-19-28-29(31(22)35)24-14-6-9-17-27(24)36-28/h1-19,32-33H. The molecule has 3 nitrogen and oxygen atoms in total. The Balaban J connectivity index is 1.50. The van der Waals surface area contributed by atoms with E-state index in [1.54, 1.807) is 0 Å². The van der Waals surface area contributed by atoms with Crippen LogP contribution in [0.5, 0.6) is 0 Å². The number of thiophene rings is 1. The molecule has 5 aromatic carbocycles. The molecule has 3 heterocycles. The van der Waals surface area contributed by atoms with Crippen LogP contribution in [0.3, 0.4) is 0 Å². The van der Waals surface area contributed by atoms with Gasteiger partial charge in [0.15, 0.2) is 0 Å². The lowest BCUT2D eigenvalue weighted by Gasteiger charge is -2.28. The second kappa shape index (κ2) is 7.54. The number of benzene rings is 5. The van der Waals surface area contributed by atoms with Gasteiger partial charge in [0.2, 0.25) is 6.29 Å². The zero-order chi connectivity index (χ0) is 23.6. The molecule has 1 aliphatic heterocycles. The summed E-state index contributed by atoms with van der Waals surface area (Å²) in [5, 5.41) is 8.89. The van der Waals surface area contributed by atoms with Crippen molar-refractivity contribution in [2.45, 2.75) is 6.29 Å². The van der Waals surface area contributed by atoms with Crippen LogP contribution < -0.4 is 5.32 Å². The third kappa shape index (κ3) is 2.76. The van der Waals surface area contributed by atoms with Gasteiger partial charge < -0.3 is 9.88 Å². The van der Waals surface area contributed by atoms with Crippen LogP contribution >= 0.6 is 11.3 Å². The van der Waals surface area contributed by atoms with Gasteiger partial charge in [-0.3, -0.25) is 0 Å². The van der Waals surface area contributed by atoms with Gasteiger partial charge >= 0.3 is 0 Å². The van der Waals surface area contributed by atoms with E-state index in [0.717, 1.165) is 22.5 Å². The summed E-state index contributed by atoms with van der Waals surface area (Å²) in [6.07, 6.45) is -0.276. The van der Waals surface area contributed by atoms with E-state index in [1.807, 2.05) is 11.3 Å². The molecule has 1 aliphatic rings. The molecule has 1 unspecified atom stereocenters. The number of nitrogens with one attached hydrogen (secondary N) is 1. The second-order valence-corrected chi connectivity index (χ2v) is 10.3. The maximum absolute atomic E-state index is 5.38. The maximum Gasteiger partial charge on any atom is 0.201 e. The molecule has 0 saturated carbocycles. The minimum atomic E-state index is -0.276. The molecule has 1 atom stereocenters. The van der Waals surface area contributed by atoms with Gasteiger partial charge in [0.1, 0.15) is 0 Å². The average Bonchev–Trinajstić information content (AvgIpc) is 3.48. The predicted molar refractivity (Wildman–Crippen MR) is 154 cm³/mol. The monoisotopic (exact) mass is 479 g/mol. The van der Waals surface area contributed by atoms with Crippen LogP contribution in [0.1, 0.15) is 17.4 Å². The summed E-state index contributed by atoms with van der Waals surface area (Å²) >= 11 is 1.86. The second-order valence-electron chi connectivity index (χ2n) is 9.23. The topological polar surface area (TPSA) is 29.3 Å². The van der Waals surface area contributed by atoms with Gasteiger partial charge in [-0.1, -0.05) is 91.0 Å². The molecule has 0 bridgehead atoms. The lowest BCUT2D eigenvalue weighted by molar-refractivity contribution is 0.626. The Labute approximate surface area is 212 Å². The van der Waals surface area contributed by atoms with Crippen LogP contribution in [0.25, 0.3) is 42.0 Å². The lowest BCUT2D eigenvalue weighted by Crippen LogP contribution is -2.24. The van der Waals surface area contributed by atoms with E-state index in [2.05, 4.69) is 125 Å². The maximum atomic E-state index is 5.38. The highest BCUT2D eigenvalue weighted by atomic mass is 32.1. The van der Waals surface area contributed by atoms with Crippen molar-refractivity contribution in [3.63, 3.8) is 0 Å². The first-order chi connectivity index (χ1) is 17.9. The quantitative estimate of drug-likeness (QED) is 0.264. The summed E-state index contributed by atoms with van der Waals surface area (Å²) in [6.45, 7) is 0. The third-order valence-electron chi connectivity index (χ3n) is 7.22. The number of para-hydroxylation sites is 2. The first-order valence-electron chi connectivity index (χ1n) is 12.2. The molecule has 4 heteroatoms. The number of rotatable bonds is 2. The normalized spacial score (nSPS) is 15.3. The van der Waals surface area contributed by atoms with Crippen molar-refractivity contribution < 1.29 is 0 Å². The van der Waals surface area contributed by atoms with Gasteiger partial charge in [-0.25, -0.2) is 4.99 Å². The Hall–Kier alpha value is -4.41. The number of hydrogen-bond acceptors (Lipinski definition) is 3. The fraction of sp³-hybridized carbons (Fsp3) is 0.0312. The summed E-state index contributed by atoms with van der Waals surface area (Å²) < 4.78 is 5.02. The molecule has 1 N–H and O–H groups in total. The number of anilines is 1. The van der Waals surface area contributed by atoms with E-state index in [1.165, 1.54) is 42.0 Å². The lowest BCUT2D eigenvalue weighted by atomic mass is 9.99. The van der Waals surface area contributed by atoms with Gasteiger partial charge in [-0.2, -0.15) is 0 Å². The molecular formula is C32H21N3S. The molecule has 0 saturated heterocycles. The minimum absolute atomic E-state index is 0.276. The SMILES string of the molecule is c1ccc(C2=NC(n3c4ccccc4c4ccc5sc6ccccc6c5c43)Nc3ccccc32)cc1. The highest BCUT2D eigenvalue weighted by molar-refractivity contribution is 7.26. The number of aromatic nitrogens is 1. The smallest absolute Gasteiger partial charge is 0.201 e. The number of aliphatic imine (C=N–C) groups is 1. The van der Waals surface area contributed by atoms with Crippen molar-refractivity contribution in [2.24, 2.45) is 4.99 Å². The van der Waals surface area contributed by atoms with Crippen LogP contribution in [0.4, 0.5) is 5.69 Å². The van der Waals surface area contributed by atoms with Crippen LogP contribution in [-0.2, 0) is 0 Å². The molecule has 8 rings (SSSR count). The van der Waals surface area contributed by atoms with E-state index in [9.17, 15) is 0 Å². The Morgan fingerprint density at radius 1 is 0.639 bits per heavy atom. The number of fused-ring (bicyclic) bond motifs is 8. The Morgan fingerprint density at radius 3 is 2.31 bits per heavy atom. The van der Waals surface area contributed by atoms with E-state index < -0.39 is 0 Å². The molecule has 0 aliphatic carbocycles. The number of hydrogen-bond donors (Lipinski definition) is 1. The molecule has 170 valence electrons. The molecule has 2 aromatic heterocycles. The fourth-order valence-electron chi connectivity index (χ4n) is 5.68. The highest BCUT2D eigenvalue weighted by Gasteiger charge is 2.26. The van der Waals surface area contributed by atoms with Gasteiger partial charge in [-0.15, -0.1) is 11.3 Å². The van der Waals surface area contributed by atoms with Crippen molar-refractivity contribution in [3.05, 3.63) is 126 Å². The van der Waals surface area contributed by atoms with Crippen molar-refractivity contribution in [1.82, 2.24) is 4.57 Å². The van der Waals surface area contributed by atoms with E-state index in [-0.39, 0.29) is 6.29 Å². The Bertz CT molecular complexity index is 1980. The molecule has 0 fully saturated rings. The average molecular weight is 480 g/mol. The van der Waals surface area contributed by atoms with Crippen LogP contribution in [0.15, 0.2) is 120 Å². The first-order valence-corrected chi connectivity index (χ1v) is 13.0. The fourth-order valence-corrected chi connectivity index (χ4v) is 6.79. The predicted octanol–water partition coefficient (Wildman–Crippen LogP) is 8.58. The molecule has 36 heavy (non-hydrogen) atoms. The van der Waals surface area contributed by atoms with E-state index >= 15 is 0 Å². The van der Waals surface area contributed by atoms with Crippen LogP contribution in [0.2, 0.25) is 0 Å². The van der Waals surface area contributed by atoms with Gasteiger partial charge in [0.25, 0.3) is 0 Å². The summed E-state index contributed by atoms with van der Waals surface area (Å²) in [5.41, 5.74) is 6.80. The van der Waals surface area contributed by atoms with Gasteiger partial charge in [0.05, 0.1) is 16.7 Å². The summed E-state index contributed by atoms with van der Waals surface area (Å²) in [5.74, 6) is 0. The zero-order valence-corrected chi connectivity index (χ0v) is 20.2. The summed E-state index contributed by atoms with van der Waals surface area (Å²) in [4.78, 5) is 5.38. The largest absolute Gasteiger partial charge is 0.346 e. The van der Waals surface area contributed by atoms with Crippen molar-refractivity contribution in [1.29, 1.82) is 0 Å². The van der Waals surface area contributed by atoms with Crippen LogP contribution in [-0.4, -0.2) is 10.3 Å². The zero-order valence-electron chi connectivity index (χ0n) is 19.3. The first kappa shape index (κ1) is 19.8. The summed E-state index contributed by atoms with van der Waals surface area (Å²) in [7, 11) is 0. The molecular weight excluding hydrogens is 458 g/mol. The van der Waals surface area contributed by atoms with Crippen molar-refractivity contribution >= 4 is 64.7 Å². The highest BCUT2D eigenvalue weighted by Crippen LogP contribution is 2.44. The van der Waals surface area contributed by atoms with E-state index in [0.29, 0.717) is 0 Å². The van der Waals surface area contributed by atoms with Crippen LogP contribution in [0, 0.1) is 0 Å². The molecule has 7 aromatic rings. The van der Waals surface area contributed by atoms with Gasteiger partial charge in [-0.05, 0) is 24.3 Å². The Morgan fingerprint density at radius 2 is 1.39 bits per heavy atom. The molecule has 0 spiro atoms. The van der Waals surface area contributed by atoms with Crippen molar-refractivity contribution in [2.75, 3.05) is 5.32 Å². The van der Waals surface area contributed by atoms with Crippen molar-refractivity contribution in [3.8, 4) is 0 Å². The third-order valence-corrected chi connectivity index (χ3v) is 8.36. The van der Waals surface area contributed by atoms with E-state index in [4.69, 9.17) is 4.99 Å². The molecule has 0 amide bonds. The number of nitrogens with zero attached hydrogens (tertiary/aromatic N) is 2. The summed E-state index contributed by atoms with van der Waals surface area (Å²) in [6, 6.07) is 41.0. The van der Waals surface area contributed by atoms with Gasteiger partial charge in [0, 0.05) is 47.8 Å². The molecule has 0 radical (unpaired) electrons. The Kier molecular flexibility index (Phi) is 4.16. The minimum Gasteiger partial charge on any atom is -0.346 e.